The molecule has 1 amide bonds. The number of carbonyl (C=O) groups excluding carboxylic acids is 1. The highest BCUT2D eigenvalue weighted by molar-refractivity contribution is 5.78. The molecule has 0 bridgehead atoms. The second-order valence-corrected chi connectivity index (χ2v) is 4.80. The molecule has 0 aromatic carbocycles. The minimum Gasteiger partial charge on any atom is -0.339 e. The van der Waals surface area contributed by atoms with Gasteiger partial charge in [0.05, 0.1) is 13.1 Å². The molecule has 2 N–H and O–H groups in total. The minimum atomic E-state index is -4.31. The summed E-state index contributed by atoms with van der Waals surface area (Å²) < 4.78 is 37.1. The summed E-state index contributed by atoms with van der Waals surface area (Å²) in [6.45, 7) is 1.49. The number of hydrogen-bond acceptors (Lipinski definition) is 4. The summed E-state index contributed by atoms with van der Waals surface area (Å²) in [4.78, 5) is 16.7. The van der Waals surface area contributed by atoms with Crippen LogP contribution in [0.1, 0.15) is 0 Å². The fraction of sp³-hybridized carbons (Fsp3) is 0.909. The topological polar surface area (TPSA) is 52.8 Å². The summed E-state index contributed by atoms with van der Waals surface area (Å²) in [5, 5.41) is 0. The summed E-state index contributed by atoms with van der Waals surface area (Å²) in [6.07, 6.45) is -4.31. The molecule has 0 aromatic heterocycles. The van der Waals surface area contributed by atoms with Gasteiger partial charge in [0.2, 0.25) is 5.91 Å². The molecule has 1 fully saturated rings. The molecule has 1 heterocycles. The Bertz CT molecular complexity index is 290. The zero-order chi connectivity index (χ0) is 14.5. The lowest BCUT2D eigenvalue weighted by Gasteiger charge is -2.34. The van der Waals surface area contributed by atoms with Gasteiger partial charge in [-0.2, -0.15) is 13.2 Å². The zero-order valence-electron chi connectivity index (χ0n) is 11.1. The third kappa shape index (κ3) is 6.22. The molecule has 0 aliphatic carbocycles. The van der Waals surface area contributed by atoms with E-state index in [0.717, 1.165) is 18.0 Å². The molecule has 5 nitrogen and oxygen atoms in total. The normalized spacial score (nSPS) is 18.1. The molecule has 1 rings (SSSR count). The molecular formula is C11H21F3N4O. The van der Waals surface area contributed by atoms with Gasteiger partial charge in [0.1, 0.15) is 0 Å². The highest BCUT2D eigenvalue weighted by Crippen LogP contribution is 2.16. The monoisotopic (exact) mass is 282 g/mol. The van der Waals surface area contributed by atoms with Crippen LogP contribution in [0.25, 0.3) is 0 Å². The van der Waals surface area contributed by atoms with Gasteiger partial charge in [-0.15, -0.1) is 0 Å². The van der Waals surface area contributed by atoms with Crippen LogP contribution in [0, 0.1) is 0 Å². The maximum absolute atomic E-state index is 12.4. The molecule has 0 radical (unpaired) electrons. The van der Waals surface area contributed by atoms with Gasteiger partial charge >= 0.3 is 6.18 Å². The molecule has 112 valence electrons. The molecule has 0 unspecified atom stereocenters. The number of nitrogens with two attached hydrogens (primary N) is 1. The van der Waals surface area contributed by atoms with Crippen molar-refractivity contribution in [2.24, 2.45) is 5.73 Å². The van der Waals surface area contributed by atoms with Crippen LogP contribution >= 0.6 is 0 Å². The third-order valence-corrected chi connectivity index (χ3v) is 3.06. The SMILES string of the molecule is CN1CCN(C(=O)CN(CCN)CC(F)(F)F)CC1. The average molecular weight is 282 g/mol. The number of rotatable bonds is 5. The van der Waals surface area contributed by atoms with E-state index in [1.54, 1.807) is 4.90 Å². The molecular weight excluding hydrogens is 261 g/mol. The first kappa shape index (κ1) is 16.2. The van der Waals surface area contributed by atoms with Crippen LogP contribution < -0.4 is 5.73 Å². The van der Waals surface area contributed by atoms with Crippen LogP contribution in [-0.2, 0) is 4.79 Å². The van der Waals surface area contributed by atoms with E-state index in [4.69, 9.17) is 5.73 Å². The Labute approximate surface area is 111 Å². The lowest BCUT2D eigenvalue weighted by Crippen LogP contribution is -2.51. The summed E-state index contributed by atoms with van der Waals surface area (Å²) >= 11 is 0. The number of halogens is 3. The maximum atomic E-state index is 12.4. The van der Waals surface area contributed by atoms with Crippen LogP contribution in [0.2, 0.25) is 0 Å². The molecule has 1 aliphatic heterocycles. The molecule has 0 spiro atoms. The molecule has 1 saturated heterocycles. The Balaban J connectivity index is 2.46. The third-order valence-electron chi connectivity index (χ3n) is 3.06. The lowest BCUT2D eigenvalue weighted by atomic mass is 10.3. The number of alkyl halides is 3. The molecule has 0 aromatic rings. The number of carbonyl (C=O) groups is 1. The van der Waals surface area contributed by atoms with Crippen molar-refractivity contribution in [2.75, 3.05) is 59.4 Å². The average Bonchev–Trinajstić information content (AvgIpc) is 2.27. The summed E-state index contributed by atoms with van der Waals surface area (Å²) in [5.74, 6) is -0.259. The second kappa shape index (κ2) is 7.06. The second-order valence-electron chi connectivity index (χ2n) is 4.80. The van der Waals surface area contributed by atoms with E-state index >= 15 is 0 Å². The molecule has 8 heteroatoms. The highest BCUT2D eigenvalue weighted by Gasteiger charge is 2.32. The van der Waals surface area contributed by atoms with Crippen molar-refractivity contribution in [3.63, 3.8) is 0 Å². The van der Waals surface area contributed by atoms with E-state index in [9.17, 15) is 18.0 Å². The van der Waals surface area contributed by atoms with E-state index < -0.39 is 12.7 Å². The van der Waals surface area contributed by atoms with Crippen molar-refractivity contribution in [3.05, 3.63) is 0 Å². The molecule has 1 aliphatic rings. The predicted octanol–water partition coefficient (Wildman–Crippen LogP) is -0.417. The highest BCUT2D eigenvalue weighted by atomic mass is 19.4. The minimum absolute atomic E-state index is 0.0684. The lowest BCUT2D eigenvalue weighted by molar-refractivity contribution is -0.151. The largest absolute Gasteiger partial charge is 0.401 e. The van der Waals surface area contributed by atoms with Crippen LogP contribution in [0.5, 0.6) is 0 Å². The predicted molar refractivity (Wildman–Crippen MR) is 65.6 cm³/mol. The Kier molecular flexibility index (Phi) is 6.02. The number of piperazine rings is 1. The van der Waals surface area contributed by atoms with Crippen LogP contribution in [-0.4, -0.2) is 86.2 Å². The number of amides is 1. The van der Waals surface area contributed by atoms with Crippen molar-refractivity contribution in [1.82, 2.24) is 14.7 Å². The van der Waals surface area contributed by atoms with Gasteiger partial charge in [-0.3, -0.25) is 9.69 Å². The molecule has 19 heavy (non-hydrogen) atoms. The van der Waals surface area contributed by atoms with Gasteiger partial charge in [0.15, 0.2) is 0 Å². The van der Waals surface area contributed by atoms with E-state index in [1.165, 1.54) is 0 Å². The first-order valence-electron chi connectivity index (χ1n) is 6.27. The van der Waals surface area contributed by atoms with Gasteiger partial charge < -0.3 is 15.5 Å². The van der Waals surface area contributed by atoms with Crippen LogP contribution in [0.3, 0.4) is 0 Å². The van der Waals surface area contributed by atoms with Crippen molar-refractivity contribution >= 4 is 5.91 Å². The Morgan fingerprint density at radius 2 is 1.84 bits per heavy atom. The van der Waals surface area contributed by atoms with Crippen molar-refractivity contribution in [1.29, 1.82) is 0 Å². The van der Waals surface area contributed by atoms with Crippen LogP contribution in [0.15, 0.2) is 0 Å². The maximum Gasteiger partial charge on any atom is 0.401 e. The quantitative estimate of drug-likeness (QED) is 0.744. The fourth-order valence-corrected chi connectivity index (χ4v) is 2.00. The number of nitrogens with zero attached hydrogens (tertiary/aromatic N) is 3. The van der Waals surface area contributed by atoms with Gasteiger partial charge in [-0.1, -0.05) is 0 Å². The first-order chi connectivity index (χ1) is 8.81. The Morgan fingerprint density at radius 1 is 1.26 bits per heavy atom. The van der Waals surface area contributed by atoms with E-state index in [1.807, 2.05) is 7.05 Å². The molecule has 0 saturated carbocycles. The summed E-state index contributed by atoms with van der Waals surface area (Å²) in [7, 11) is 1.95. The van der Waals surface area contributed by atoms with Gasteiger partial charge in [-0.05, 0) is 7.05 Å². The molecule has 0 atom stereocenters. The van der Waals surface area contributed by atoms with Crippen molar-refractivity contribution in [2.45, 2.75) is 6.18 Å². The van der Waals surface area contributed by atoms with Gasteiger partial charge in [-0.25, -0.2) is 0 Å². The van der Waals surface area contributed by atoms with E-state index in [2.05, 4.69) is 4.90 Å². The van der Waals surface area contributed by atoms with Crippen molar-refractivity contribution in [3.8, 4) is 0 Å². The Hall–Kier alpha value is -0.860. The van der Waals surface area contributed by atoms with E-state index in [-0.39, 0.29) is 25.5 Å². The number of hydrogen-bond donors (Lipinski definition) is 1. The fourth-order valence-electron chi connectivity index (χ4n) is 2.00. The summed E-state index contributed by atoms with van der Waals surface area (Å²) in [6, 6.07) is 0. The van der Waals surface area contributed by atoms with Gasteiger partial charge in [0, 0.05) is 39.3 Å². The van der Waals surface area contributed by atoms with Gasteiger partial charge in [0.25, 0.3) is 0 Å². The smallest absolute Gasteiger partial charge is 0.339 e. The number of likely N-dealkylation sites (N-methyl/N-ethyl adjacent to an activating group) is 1. The van der Waals surface area contributed by atoms with E-state index in [0.29, 0.717) is 13.1 Å². The Morgan fingerprint density at radius 3 is 2.32 bits per heavy atom. The first-order valence-corrected chi connectivity index (χ1v) is 6.27. The van der Waals surface area contributed by atoms with Crippen molar-refractivity contribution < 1.29 is 18.0 Å². The van der Waals surface area contributed by atoms with Crippen LogP contribution in [0.4, 0.5) is 13.2 Å². The standard InChI is InChI=1S/C11H21F3N4O/c1-16-4-6-18(7-5-16)10(19)8-17(3-2-15)9-11(12,13)14/h2-9,15H2,1H3. The summed E-state index contributed by atoms with van der Waals surface area (Å²) in [5.41, 5.74) is 5.28. The zero-order valence-corrected chi connectivity index (χ0v) is 11.1.